The number of carbonyl (C=O) groups is 2. The normalized spacial score (nSPS) is 9.60. The van der Waals surface area contributed by atoms with Gasteiger partial charge in [0.25, 0.3) is 5.78 Å². The summed E-state index contributed by atoms with van der Waals surface area (Å²) in [6, 6.07) is 15.8. The average molecular weight is 438 g/mol. The lowest BCUT2D eigenvalue weighted by Gasteiger charge is -2.03. The zero-order valence-corrected chi connectivity index (χ0v) is 17.9. The van der Waals surface area contributed by atoms with Crippen LogP contribution < -0.4 is 0 Å². The van der Waals surface area contributed by atoms with Gasteiger partial charge in [0.1, 0.15) is 0 Å². The summed E-state index contributed by atoms with van der Waals surface area (Å²) < 4.78 is 66.4. The van der Waals surface area contributed by atoms with E-state index in [9.17, 15) is 35.9 Å². The van der Waals surface area contributed by atoms with Crippen molar-refractivity contribution in [3.63, 3.8) is 0 Å². The molecule has 2 aromatic rings. The van der Waals surface area contributed by atoms with Crippen molar-refractivity contribution < 1.29 is 35.9 Å². The van der Waals surface area contributed by atoms with Crippen molar-refractivity contribution >= 4 is 11.6 Å². The summed E-state index contributed by atoms with van der Waals surface area (Å²) in [6.07, 6.45) is -8.78. The SMILES string of the molecule is CC.CC.CC(=O)c1ccccc1.CC(F)(F)F.O=C(c1ccccc1)C(F)(F)F. The van der Waals surface area contributed by atoms with Crippen molar-refractivity contribution in [2.75, 3.05) is 0 Å². The van der Waals surface area contributed by atoms with Crippen LogP contribution in [-0.2, 0) is 0 Å². The van der Waals surface area contributed by atoms with Crippen LogP contribution in [0.5, 0.6) is 0 Å². The lowest BCUT2D eigenvalue weighted by molar-refractivity contribution is -0.110. The van der Waals surface area contributed by atoms with Gasteiger partial charge < -0.3 is 0 Å². The molecule has 2 aromatic carbocycles. The quantitative estimate of drug-likeness (QED) is 0.352. The summed E-state index contributed by atoms with van der Waals surface area (Å²) in [4.78, 5) is 21.2. The third-order valence-electron chi connectivity index (χ3n) is 2.47. The second kappa shape index (κ2) is 17.2. The van der Waals surface area contributed by atoms with Gasteiger partial charge in [-0.3, -0.25) is 9.59 Å². The fraction of sp³-hybridized carbons (Fsp3) is 0.364. The largest absolute Gasteiger partial charge is 0.454 e. The Morgan fingerprint density at radius 2 is 0.900 bits per heavy atom. The third kappa shape index (κ3) is 20.1. The molecule has 0 saturated heterocycles. The van der Waals surface area contributed by atoms with Gasteiger partial charge in [-0.2, -0.15) is 26.3 Å². The van der Waals surface area contributed by atoms with Crippen LogP contribution in [0.1, 0.15) is 62.3 Å². The summed E-state index contributed by atoms with van der Waals surface area (Å²) in [7, 11) is 0. The Bertz CT molecular complexity index is 672. The Hall–Kier alpha value is -2.64. The highest BCUT2D eigenvalue weighted by atomic mass is 19.4. The van der Waals surface area contributed by atoms with E-state index in [1.54, 1.807) is 13.0 Å². The van der Waals surface area contributed by atoms with Gasteiger partial charge in [0.15, 0.2) is 5.78 Å². The number of carbonyl (C=O) groups excluding carboxylic acids is 2. The number of alkyl halides is 6. The average Bonchev–Trinajstić information content (AvgIpc) is 2.70. The molecule has 8 heteroatoms. The molecule has 0 N–H and O–H groups in total. The number of halogens is 6. The van der Waals surface area contributed by atoms with Gasteiger partial charge in [0.05, 0.1) is 0 Å². The molecule has 2 nitrogen and oxygen atoms in total. The number of ketones is 2. The molecular formula is C22H28F6O2. The van der Waals surface area contributed by atoms with Crippen LogP contribution in [0.4, 0.5) is 26.3 Å². The zero-order valence-electron chi connectivity index (χ0n) is 17.9. The van der Waals surface area contributed by atoms with Crippen LogP contribution >= 0.6 is 0 Å². The highest BCUT2D eigenvalue weighted by molar-refractivity contribution is 6.00. The first kappa shape index (κ1) is 32.0. The zero-order chi connectivity index (χ0) is 24.4. The number of Topliss-reactive ketones (excluding diaryl/α,β-unsaturated/α-hetero) is 2. The highest BCUT2D eigenvalue weighted by Crippen LogP contribution is 2.20. The van der Waals surface area contributed by atoms with E-state index in [2.05, 4.69) is 0 Å². The molecule has 0 aliphatic carbocycles. The Morgan fingerprint density at radius 1 is 0.633 bits per heavy atom. The monoisotopic (exact) mass is 438 g/mol. The number of rotatable bonds is 2. The predicted molar refractivity (Wildman–Crippen MR) is 108 cm³/mol. The number of benzene rings is 2. The standard InChI is InChI=1S/C8H5F3O.C8H8O.C2H3F3.2C2H6/c9-8(10,11)7(12)6-4-2-1-3-5-6;1-7(9)8-5-3-2-4-6-8;1-2(3,4)5;2*1-2/h1-5H;2-6H,1H3;1H3;2*1-2H3. The molecule has 30 heavy (non-hydrogen) atoms. The van der Waals surface area contributed by atoms with Gasteiger partial charge >= 0.3 is 12.4 Å². The van der Waals surface area contributed by atoms with Gasteiger partial charge in [-0.05, 0) is 6.92 Å². The smallest absolute Gasteiger partial charge is 0.295 e. The van der Waals surface area contributed by atoms with Crippen LogP contribution in [0.3, 0.4) is 0 Å². The Balaban J connectivity index is -0.000000358. The van der Waals surface area contributed by atoms with Crippen molar-refractivity contribution in [2.24, 2.45) is 0 Å². The topological polar surface area (TPSA) is 34.1 Å². The third-order valence-corrected chi connectivity index (χ3v) is 2.47. The summed E-state index contributed by atoms with van der Waals surface area (Å²) in [5.41, 5.74) is 0.447. The molecule has 0 aliphatic heterocycles. The van der Waals surface area contributed by atoms with E-state index >= 15 is 0 Å². The second-order valence-electron chi connectivity index (χ2n) is 4.90. The van der Waals surface area contributed by atoms with E-state index in [1.165, 1.54) is 12.1 Å². The van der Waals surface area contributed by atoms with E-state index in [0.29, 0.717) is 0 Å². The van der Waals surface area contributed by atoms with Gasteiger partial charge in [-0.1, -0.05) is 88.4 Å². The summed E-state index contributed by atoms with van der Waals surface area (Å²) >= 11 is 0. The maximum atomic E-state index is 11.8. The van der Waals surface area contributed by atoms with E-state index in [-0.39, 0.29) is 18.3 Å². The molecule has 0 radical (unpaired) electrons. The molecule has 0 aromatic heterocycles. The molecule has 0 saturated carbocycles. The first-order chi connectivity index (χ1) is 13.8. The minimum atomic E-state index is -4.78. The minimum Gasteiger partial charge on any atom is -0.295 e. The van der Waals surface area contributed by atoms with Gasteiger partial charge in [-0.15, -0.1) is 0 Å². The second-order valence-corrected chi connectivity index (χ2v) is 4.90. The van der Waals surface area contributed by atoms with Crippen LogP contribution in [0, 0.1) is 0 Å². The Labute approximate surface area is 173 Å². The molecule has 0 spiro atoms. The summed E-state index contributed by atoms with van der Waals surface area (Å²) in [5.74, 6) is -1.68. The van der Waals surface area contributed by atoms with Crippen LogP contribution in [0.25, 0.3) is 0 Å². The predicted octanol–water partition coefficient (Wildman–Crippen LogP) is 7.94. The molecule has 0 fully saturated rings. The lowest BCUT2D eigenvalue weighted by atomic mass is 10.1. The first-order valence-electron chi connectivity index (χ1n) is 9.11. The fourth-order valence-electron chi connectivity index (χ4n) is 1.43. The van der Waals surface area contributed by atoms with E-state index in [1.807, 2.05) is 58.0 Å². The molecule has 0 aliphatic rings. The Kier molecular flexibility index (Phi) is 18.4. The number of hydrogen-bond donors (Lipinski definition) is 0. The summed E-state index contributed by atoms with van der Waals surface area (Å²) in [5, 5.41) is 0. The fourth-order valence-corrected chi connectivity index (χ4v) is 1.43. The molecule has 170 valence electrons. The van der Waals surface area contributed by atoms with E-state index in [4.69, 9.17) is 0 Å². The maximum Gasteiger partial charge on any atom is 0.454 e. The maximum absolute atomic E-state index is 11.8. The molecule has 2 rings (SSSR count). The van der Waals surface area contributed by atoms with Crippen molar-refractivity contribution in [1.82, 2.24) is 0 Å². The van der Waals surface area contributed by atoms with Gasteiger partial charge in [-0.25, -0.2) is 0 Å². The van der Waals surface area contributed by atoms with Crippen molar-refractivity contribution in [3.05, 3.63) is 71.8 Å². The van der Waals surface area contributed by atoms with Crippen LogP contribution in [0.15, 0.2) is 60.7 Å². The Morgan fingerprint density at radius 3 is 1.10 bits per heavy atom. The molecule has 0 unspecified atom stereocenters. The van der Waals surface area contributed by atoms with Crippen LogP contribution in [0.2, 0.25) is 0 Å². The van der Waals surface area contributed by atoms with E-state index in [0.717, 1.165) is 17.7 Å². The molecule has 0 bridgehead atoms. The molecule has 0 atom stereocenters. The molecule has 0 amide bonds. The van der Waals surface area contributed by atoms with E-state index < -0.39 is 18.1 Å². The van der Waals surface area contributed by atoms with Crippen molar-refractivity contribution in [1.29, 1.82) is 0 Å². The molecular weight excluding hydrogens is 410 g/mol. The lowest BCUT2D eigenvalue weighted by Crippen LogP contribution is -2.22. The van der Waals surface area contributed by atoms with Crippen molar-refractivity contribution in [3.8, 4) is 0 Å². The van der Waals surface area contributed by atoms with Gasteiger partial charge in [0, 0.05) is 18.1 Å². The summed E-state index contributed by atoms with van der Waals surface area (Å²) in [6.45, 7) is 9.75. The highest BCUT2D eigenvalue weighted by Gasteiger charge is 2.38. The van der Waals surface area contributed by atoms with Crippen LogP contribution in [-0.4, -0.2) is 23.9 Å². The number of hydrogen-bond acceptors (Lipinski definition) is 2. The van der Waals surface area contributed by atoms with Gasteiger partial charge in [0.2, 0.25) is 0 Å². The minimum absolute atomic E-state index is 0.121. The first-order valence-corrected chi connectivity index (χ1v) is 9.11. The van der Waals surface area contributed by atoms with Crippen molar-refractivity contribution in [2.45, 2.75) is 53.9 Å². The molecule has 0 heterocycles.